The van der Waals surface area contributed by atoms with E-state index in [-0.39, 0.29) is 48.6 Å². The number of imidazole rings is 1. The van der Waals surface area contributed by atoms with Crippen LogP contribution >= 0.6 is 0 Å². The molecule has 234 valence electrons. The molecule has 2 heterocycles. The molecule has 44 heavy (non-hydrogen) atoms. The molecule has 1 aliphatic heterocycles. The highest BCUT2D eigenvalue weighted by Gasteiger charge is 2.36. The number of carbonyl (C=O) groups is 3. The van der Waals surface area contributed by atoms with Crippen molar-refractivity contribution in [2.75, 3.05) is 39.8 Å². The monoisotopic (exact) mass is 602 g/mol. The number of aromatic nitrogens is 2. The van der Waals surface area contributed by atoms with E-state index in [2.05, 4.69) is 16.0 Å². The van der Waals surface area contributed by atoms with Crippen molar-refractivity contribution in [2.45, 2.75) is 57.7 Å². The zero-order valence-electron chi connectivity index (χ0n) is 25.5. The van der Waals surface area contributed by atoms with Crippen LogP contribution in [0.4, 0.5) is 0 Å². The van der Waals surface area contributed by atoms with Gasteiger partial charge in [0.05, 0.1) is 18.3 Å². The summed E-state index contributed by atoms with van der Waals surface area (Å²) in [7, 11) is 1.55. The number of likely N-dealkylation sites (N-methyl/N-ethyl adjacent to an activating group) is 1. The Morgan fingerprint density at radius 3 is 2.45 bits per heavy atom. The van der Waals surface area contributed by atoms with Crippen molar-refractivity contribution in [3.63, 3.8) is 0 Å². The number of benzene rings is 2. The topological polar surface area (TPSA) is 127 Å². The molecule has 11 nitrogen and oxygen atoms in total. The van der Waals surface area contributed by atoms with Crippen molar-refractivity contribution in [3.8, 4) is 17.0 Å². The number of amides is 3. The molecule has 3 aromatic rings. The largest absolute Gasteiger partial charge is 0.484 e. The highest BCUT2D eigenvalue weighted by atomic mass is 16.5. The summed E-state index contributed by atoms with van der Waals surface area (Å²) in [5, 5.41) is 9.01. The number of carbonyl (C=O) groups excluding carboxylic acids is 3. The van der Waals surface area contributed by atoms with E-state index in [0.717, 1.165) is 30.4 Å². The van der Waals surface area contributed by atoms with Crippen LogP contribution in [0.15, 0.2) is 59.4 Å². The van der Waals surface area contributed by atoms with E-state index in [9.17, 15) is 19.2 Å². The number of nitrogens with one attached hydrogen (secondary N) is 3. The molecule has 2 aromatic carbocycles. The second-order valence-corrected chi connectivity index (χ2v) is 11.3. The number of hydrogen-bond donors (Lipinski definition) is 3. The zero-order valence-corrected chi connectivity index (χ0v) is 25.5. The number of hydrogen-bond acceptors (Lipinski definition) is 6. The maximum Gasteiger partial charge on any atom is 0.329 e. The fourth-order valence-corrected chi connectivity index (χ4v) is 6.16. The molecule has 2 atom stereocenters. The minimum atomic E-state index is -0.306. The van der Waals surface area contributed by atoms with Crippen molar-refractivity contribution < 1.29 is 19.1 Å². The molecule has 2 fully saturated rings. The fraction of sp³-hybridized carbons (Fsp3) is 0.455. The Hall–Kier alpha value is -4.38. The third-order valence-electron chi connectivity index (χ3n) is 8.44. The van der Waals surface area contributed by atoms with Gasteiger partial charge >= 0.3 is 5.69 Å². The van der Waals surface area contributed by atoms with Crippen LogP contribution in [0, 0.1) is 0 Å². The van der Waals surface area contributed by atoms with Gasteiger partial charge < -0.3 is 25.6 Å². The summed E-state index contributed by atoms with van der Waals surface area (Å²) in [4.78, 5) is 55.2. The molecule has 3 amide bonds. The summed E-state index contributed by atoms with van der Waals surface area (Å²) >= 11 is 0. The SMILES string of the molecule is CCC(=O)N[C@H]1CCCCC1n1c(-c2ccccc2)c(C(=O)N2CCNCC2)n(Cc2cccc(OCC(=O)NC)c2)c1=O. The molecule has 1 unspecified atom stereocenters. The number of nitrogens with zero attached hydrogens (tertiary/aromatic N) is 3. The summed E-state index contributed by atoms with van der Waals surface area (Å²) in [5.41, 5.74) is 2.16. The van der Waals surface area contributed by atoms with Crippen LogP contribution in [0.25, 0.3) is 11.3 Å². The van der Waals surface area contributed by atoms with Crippen LogP contribution in [0.5, 0.6) is 5.75 Å². The lowest BCUT2D eigenvalue weighted by Gasteiger charge is -2.34. The van der Waals surface area contributed by atoms with Gasteiger partial charge in [0, 0.05) is 51.3 Å². The van der Waals surface area contributed by atoms with E-state index in [1.807, 2.05) is 49.4 Å². The Morgan fingerprint density at radius 2 is 1.73 bits per heavy atom. The third-order valence-corrected chi connectivity index (χ3v) is 8.44. The summed E-state index contributed by atoms with van der Waals surface area (Å²) in [5.74, 6) is -0.0109. The van der Waals surface area contributed by atoms with Gasteiger partial charge in [0.15, 0.2) is 6.61 Å². The predicted octanol–water partition coefficient (Wildman–Crippen LogP) is 2.55. The van der Waals surface area contributed by atoms with E-state index in [1.165, 1.54) is 0 Å². The Morgan fingerprint density at radius 1 is 0.977 bits per heavy atom. The molecule has 2 aliphatic rings. The lowest BCUT2D eigenvalue weighted by molar-refractivity contribution is -0.123. The van der Waals surface area contributed by atoms with E-state index in [1.54, 1.807) is 33.2 Å². The van der Waals surface area contributed by atoms with Crippen molar-refractivity contribution >= 4 is 17.7 Å². The molecule has 1 saturated heterocycles. The van der Waals surface area contributed by atoms with Crippen molar-refractivity contribution in [1.29, 1.82) is 0 Å². The highest BCUT2D eigenvalue weighted by molar-refractivity contribution is 5.99. The smallest absolute Gasteiger partial charge is 0.329 e. The van der Waals surface area contributed by atoms with Crippen molar-refractivity contribution in [2.24, 2.45) is 0 Å². The Bertz CT molecular complexity index is 1530. The lowest BCUT2D eigenvalue weighted by Crippen LogP contribution is -2.47. The maximum absolute atomic E-state index is 14.7. The highest BCUT2D eigenvalue weighted by Crippen LogP contribution is 2.35. The molecule has 1 aliphatic carbocycles. The van der Waals surface area contributed by atoms with Crippen LogP contribution < -0.4 is 26.4 Å². The van der Waals surface area contributed by atoms with E-state index >= 15 is 0 Å². The standard InChI is InChI=1S/C33H42N6O5/c1-3-28(40)36-26-14-7-8-15-27(26)39-30(24-11-5-4-6-12-24)31(32(42)37-18-16-35-17-19-37)38(33(39)43)21-23-10-9-13-25(20-23)44-22-29(41)34-2/h4-6,9-13,20,26-27,35H,3,7-8,14-19,21-22H2,1-2H3,(H,34,41)(H,36,40)/t26-,27?/m0/s1. The van der Waals surface area contributed by atoms with E-state index in [4.69, 9.17) is 4.74 Å². The van der Waals surface area contributed by atoms with Crippen molar-refractivity contribution in [3.05, 3.63) is 76.3 Å². The first kappa shape index (κ1) is 31.1. The van der Waals surface area contributed by atoms with Gasteiger partial charge in [0.1, 0.15) is 11.4 Å². The normalized spacial score (nSPS) is 18.5. The average Bonchev–Trinajstić information content (AvgIpc) is 3.35. The average molecular weight is 603 g/mol. The molecular formula is C33H42N6O5. The predicted molar refractivity (Wildman–Crippen MR) is 168 cm³/mol. The van der Waals surface area contributed by atoms with Gasteiger partial charge in [-0.25, -0.2) is 4.79 Å². The summed E-state index contributed by atoms with van der Waals surface area (Å²) in [6.45, 7) is 4.25. The maximum atomic E-state index is 14.7. The van der Waals surface area contributed by atoms with Crippen LogP contribution in [-0.2, 0) is 16.1 Å². The first-order valence-electron chi connectivity index (χ1n) is 15.5. The van der Waals surface area contributed by atoms with Gasteiger partial charge in [-0.15, -0.1) is 0 Å². The molecule has 1 saturated carbocycles. The second-order valence-electron chi connectivity index (χ2n) is 11.3. The van der Waals surface area contributed by atoms with Gasteiger partial charge in [0.2, 0.25) is 5.91 Å². The number of rotatable bonds is 10. The molecule has 3 N–H and O–H groups in total. The summed E-state index contributed by atoms with van der Waals surface area (Å²) in [6, 6.07) is 16.3. The van der Waals surface area contributed by atoms with Crippen LogP contribution in [0.3, 0.4) is 0 Å². The number of ether oxygens (including phenoxy) is 1. The minimum Gasteiger partial charge on any atom is -0.484 e. The van der Waals surface area contributed by atoms with Crippen molar-refractivity contribution in [1.82, 2.24) is 30.0 Å². The quantitative estimate of drug-likeness (QED) is 0.328. The Kier molecular flexibility index (Phi) is 10.2. The van der Waals surface area contributed by atoms with Crippen LogP contribution in [0.1, 0.15) is 61.1 Å². The first-order chi connectivity index (χ1) is 21.4. The van der Waals surface area contributed by atoms with E-state index in [0.29, 0.717) is 56.2 Å². The second kappa shape index (κ2) is 14.4. The molecule has 0 radical (unpaired) electrons. The molecule has 5 rings (SSSR count). The van der Waals surface area contributed by atoms with Gasteiger partial charge in [0.25, 0.3) is 11.8 Å². The Balaban J connectivity index is 1.66. The van der Waals surface area contributed by atoms with Gasteiger partial charge in [-0.3, -0.25) is 23.5 Å². The van der Waals surface area contributed by atoms with E-state index < -0.39 is 0 Å². The van der Waals surface area contributed by atoms with Crippen LogP contribution in [0.2, 0.25) is 0 Å². The summed E-state index contributed by atoms with van der Waals surface area (Å²) < 4.78 is 9.02. The molecule has 0 spiro atoms. The Labute approximate surface area is 257 Å². The van der Waals surface area contributed by atoms with Gasteiger partial charge in [-0.05, 0) is 30.5 Å². The lowest BCUT2D eigenvalue weighted by atomic mass is 9.89. The number of piperazine rings is 1. The fourth-order valence-electron chi connectivity index (χ4n) is 6.16. The van der Waals surface area contributed by atoms with Gasteiger partial charge in [-0.1, -0.05) is 62.2 Å². The third kappa shape index (κ3) is 6.88. The van der Waals surface area contributed by atoms with Crippen LogP contribution in [-0.4, -0.2) is 77.6 Å². The van der Waals surface area contributed by atoms with Gasteiger partial charge in [-0.2, -0.15) is 0 Å². The first-order valence-corrected chi connectivity index (χ1v) is 15.5. The molecule has 1 aromatic heterocycles. The molecular weight excluding hydrogens is 560 g/mol. The molecule has 0 bridgehead atoms. The minimum absolute atomic E-state index is 0.0543. The molecule has 11 heteroatoms. The zero-order chi connectivity index (χ0) is 31.1. The summed E-state index contributed by atoms with van der Waals surface area (Å²) in [6.07, 6.45) is 3.70.